The summed E-state index contributed by atoms with van der Waals surface area (Å²) in [7, 11) is 1.55. The number of anilines is 1. The number of fused-ring (bicyclic) bond motifs is 2. The Hall–Kier alpha value is -2.12. The van der Waals surface area contributed by atoms with Gasteiger partial charge < -0.3 is 24.2 Å². The van der Waals surface area contributed by atoms with Crippen molar-refractivity contribution < 1.29 is 24.1 Å². The second-order valence-electron chi connectivity index (χ2n) is 8.09. The number of hydrogen-bond acceptors (Lipinski definition) is 5. The first-order valence-electron chi connectivity index (χ1n) is 10.3. The number of rotatable bonds is 5. The highest BCUT2D eigenvalue weighted by molar-refractivity contribution is 6.30. The molecule has 2 aromatic carbocycles. The van der Waals surface area contributed by atoms with E-state index in [1.807, 2.05) is 18.2 Å². The number of halogens is 1. The molecule has 1 spiro atoms. The summed E-state index contributed by atoms with van der Waals surface area (Å²) in [6.07, 6.45) is 2.05. The van der Waals surface area contributed by atoms with Crippen LogP contribution in [0.4, 0.5) is 5.69 Å². The lowest BCUT2D eigenvalue weighted by molar-refractivity contribution is -0.256. The zero-order valence-electron chi connectivity index (χ0n) is 16.8. The Morgan fingerprint density at radius 1 is 1.23 bits per heavy atom. The molecule has 158 valence electrons. The number of amides is 1. The van der Waals surface area contributed by atoms with Crippen molar-refractivity contribution in [2.75, 3.05) is 31.8 Å². The van der Waals surface area contributed by atoms with Gasteiger partial charge in [-0.1, -0.05) is 17.7 Å². The van der Waals surface area contributed by atoms with Crippen LogP contribution in [0.5, 0.6) is 5.75 Å². The number of ether oxygens (including phenoxy) is 3. The van der Waals surface area contributed by atoms with Crippen LogP contribution in [0.3, 0.4) is 0 Å². The zero-order valence-corrected chi connectivity index (χ0v) is 17.5. The van der Waals surface area contributed by atoms with E-state index in [1.54, 1.807) is 30.2 Å². The van der Waals surface area contributed by atoms with E-state index in [0.29, 0.717) is 53.1 Å². The van der Waals surface area contributed by atoms with Crippen LogP contribution < -0.4 is 9.64 Å². The second-order valence-corrected chi connectivity index (χ2v) is 8.53. The van der Waals surface area contributed by atoms with E-state index < -0.39 is 11.9 Å². The van der Waals surface area contributed by atoms with Gasteiger partial charge in [0.2, 0.25) is 0 Å². The number of carbonyl (C=O) groups excluding carboxylic acids is 1. The van der Waals surface area contributed by atoms with E-state index in [4.69, 9.17) is 25.8 Å². The number of hydrogen-bond donors (Lipinski definition) is 1. The third kappa shape index (κ3) is 3.19. The standard InChI is InChI=1S/C23H24ClNO5/c1-28-20-8-6-16(24)12-17(20)21(26)15-5-7-19-18(11-15)23(29-9-2-10-30-23)22(27)25(19)13-14-3-4-14/h5-8,11-12,14,21,26H,2-4,9-10,13H2,1H3. The molecule has 0 bridgehead atoms. The molecule has 1 saturated heterocycles. The first-order chi connectivity index (χ1) is 14.5. The summed E-state index contributed by atoms with van der Waals surface area (Å²) >= 11 is 6.15. The maximum absolute atomic E-state index is 13.4. The Morgan fingerprint density at radius 2 is 2.00 bits per heavy atom. The van der Waals surface area contributed by atoms with Crippen LogP contribution >= 0.6 is 11.6 Å². The quantitative estimate of drug-likeness (QED) is 0.783. The van der Waals surface area contributed by atoms with Gasteiger partial charge in [0, 0.05) is 22.7 Å². The summed E-state index contributed by atoms with van der Waals surface area (Å²) in [4.78, 5) is 15.2. The van der Waals surface area contributed by atoms with Crippen molar-refractivity contribution >= 4 is 23.2 Å². The van der Waals surface area contributed by atoms with E-state index in [9.17, 15) is 9.90 Å². The first-order valence-corrected chi connectivity index (χ1v) is 10.7. The zero-order chi connectivity index (χ0) is 20.9. The molecule has 2 aromatic rings. The van der Waals surface area contributed by atoms with Gasteiger partial charge in [0.25, 0.3) is 11.7 Å². The second kappa shape index (κ2) is 7.54. The molecule has 0 aromatic heterocycles. The maximum Gasteiger partial charge on any atom is 0.292 e. The monoisotopic (exact) mass is 429 g/mol. The molecular formula is C23H24ClNO5. The third-order valence-corrected chi connectivity index (χ3v) is 6.27. The van der Waals surface area contributed by atoms with Crippen molar-refractivity contribution in [1.29, 1.82) is 0 Å². The molecule has 1 N–H and O–H groups in total. The van der Waals surface area contributed by atoms with Crippen molar-refractivity contribution in [2.24, 2.45) is 5.92 Å². The van der Waals surface area contributed by atoms with Crippen molar-refractivity contribution in [3.8, 4) is 5.75 Å². The fourth-order valence-electron chi connectivity index (χ4n) is 4.27. The van der Waals surface area contributed by atoms with Crippen LogP contribution in [0.1, 0.15) is 42.1 Å². The number of benzene rings is 2. The van der Waals surface area contributed by atoms with Gasteiger partial charge in [0.05, 0.1) is 26.0 Å². The Morgan fingerprint density at radius 3 is 2.70 bits per heavy atom. The van der Waals surface area contributed by atoms with Crippen LogP contribution in [-0.4, -0.2) is 37.9 Å². The van der Waals surface area contributed by atoms with Crippen molar-refractivity contribution in [1.82, 2.24) is 0 Å². The van der Waals surface area contributed by atoms with Crippen molar-refractivity contribution in [3.05, 3.63) is 58.1 Å². The molecule has 5 rings (SSSR count). The van der Waals surface area contributed by atoms with Gasteiger partial charge in [0.15, 0.2) is 0 Å². The molecule has 2 heterocycles. The van der Waals surface area contributed by atoms with Gasteiger partial charge in [-0.25, -0.2) is 0 Å². The first kappa shape index (κ1) is 19.8. The van der Waals surface area contributed by atoms with E-state index in [1.165, 1.54) is 0 Å². The number of nitrogens with zero attached hydrogens (tertiary/aromatic N) is 1. The number of carbonyl (C=O) groups is 1. The average molecular weight is 430 g/mol. The maximum atomic E-state index is 13.4. The van der Waals surface area contributed by atoms with E-state index in [0.717, 1.165) is 24.9 Å². The summed E-state index contributed by atoms with van der Waals surface area (Å²) in [5.74, 6) is -0.521. The average Bonchev–Trinajstić information content (AvgIpc) is 3.57. The topological polar surface area (TPSA) is 68.2 Å². The molecule has 2 aliphatic heterocycles. The van der Waals surface area contributed by atoms with Gasteiger partial charge >= 0.3 is 0 Å². The Balaban J connectivity index is 1.57. The van der Waals surface area contributed by atoms with Crippen LogP contribution in [0.2, 0.25) is 5.02 Å². The molecule has 30 heavy (non-hydrogen) atoms. The summed E-state index contributed by atoms with van der Waals surface area (Å²) in [6, 6.07) is 10.7. The van der Waals surface area contributed by atoms with E-state index in [2.05, 4.69) is 0 Å². The molecule has 1 aliphatic carbocycles. The smallest absolute Gasteiger partial charge is 0.292 e. The minimum absolute atomic E-state index is 0.170. The van der Waals surface area contributed by atoms with Gasteiger partial charge in [-0.05, 0) is 61.1 Å². The molecular weight excluding hydrogens is 406 g/mol. The molecule has 3 aliphatic rings. The van der Waals surface area contributed by atoms with Gasteiger partial charge in [-0.15, -0.1) is 0 Å². The summed E-state index contributed by atoms with van der Waals surface area (Å²) in [6.45, 7) is 1.58. The lowest BCUT2D eigenvalue weighted by Gasteiger charge is -2.32. The predicted molar refractivity (Wildman–Crippen MR) is 112 cm³/mol. The Bertz CT molecular complexity index is 984. The number of aliphatic hydroxyl groups is 1. The molecule has 6 nitrogen and oxygen atoms in total. The highest BCUT2D eigenvalue weighted by Gasteiger charge is 2.55. The Kier molecular flexibility index (Phi) is 4.98. The van der Waals surface area contributed by atoms with Crippen LogP contribution in [0.25, 0.3) is 0 Å². The lowest BCUT2D eigenvalue weighted by Crippen LogP contribution is -2.47. The van der Waals surface area contributed by atoms with E-state index in [-0.39, 0.29) is 5.91 Å². The fraction of sp³-hybridized carbons (Fsp3) is 0.435. The van der Waals surface area contributed by atoms with Gasteiger partial charge in [0.1, 0.15) is 11.9 Å². The summed E-state index contributed by atoms with van der Waals surface area (Å²) in [5.41, 5.74) is 2.63. The molecule has 1 saturated carbocycles. The molecule has 7 heteroatoms. The van der Waals surface area contributed by atoms with Gasteiger partial charge in [-0.3, -0.25) is 4.79 Å². The third-order valence-electron chi connectivity index (χ3n) is 6.03. The highest BCUT2D eigenvalue weighted by atomic mass is 35.5. The molecule has 0 radical (unpaired) electrons. The SMILES string of the molecule is COc1ccc(Cl)cc1C(O)c1ccc2c(c1)C1(OCCCO1)C(=O)N2CC1CC1. The minimum atomic E-state index is -1.42. The van der Waals surface area contributed by atoms with Crippen molar-refractivity contribution in [2.45, 2.75) is 31.2 Å². The van der Waals surface area contributed by atoms with Gasteiger partial charge in [-0.2, -0.15) is 0 Å². The predicted octanol–water partition coefficient (Wildman–Crippen LogP) is 3.78. The van der Waals surface area contributed by atoms with Crippen LogP contribution in [0, 0.1) is 5.92 Å². The minimum Gasteiger partial charge on any atom is -0.496 e. The van der Waals surface area contributed by atoms with Crippen LogP contribution in [-0.2, 0) is 20.1 Å². The fourth-order valence-corrected chi connectivity index (χ4v) is 4.46. The summed E-state index contributed by atoms with van der Waals surface area (Å²) in [5, 5.41) is 11.6. The molecule has 2 fully saturated rings. The molecule has 1 unspecified atom stereocenters. The van der Waals surface area contributed by atoms with Crippen molar-refractivity contribution in [3.63, 3.8) is 0 Å². The number of methoxy groups -OCH3 is 1. The van der Waals surface area contributed by atoms with E-state index >= 15 is 0 Å². The normalized spacial score (nSPS) is 21.0. The number of aliphatic hydroxyl groups excluding tert-OH is 1. The summed E-state index contributed by atoms with van der Waals surface area (Å²) < 4.78 is 17.3. The largest absolute Gasteiger partial charge is 0.496 e. The highest BCUT2D eigenvalue weighted by Crippen LogP contribution is 2.48. The molecule has 1 atom stereocenters. The van der Waals surface area contributed by atoms with Crippen LogP contribution in [0.15, 0.2) is 36.4 Å². The molecule has 1 amide bonds. The lowest BCUT2D eigenvalue weighted by atomic mass is 9.96. The Labute approximate surface area is 180 Å².